The number of aliphatic hydroxyl groups excluding tert-OH is 1. The Balaban J connectivity index is 2.04. The number of nitrogens with one attached hydrogen (secondary N) is 1. The smallest absolute Gasteiger partial charge is 0.0538 e. The summed E-state index contributed by atoms with van der Waals surface area (Å²) < 4.78 is 0. The Morgan fingerprint density at radius 3 is 2.80 bits per heavy atom. The second-order valence-electron chi connectivity index (χ2n) is 4.86. The zero-order valence-electron chi connectivity index (χ0n) is 10.3. The first-order valence-corrected chi connectivity index (χ1v) is 6.69. The first-order valence-electron chi connectivity index (χ1n) is 6.69. The van der Waals surface area contributed by atoms with Gasteiger partial charge in [0.15, 0.2) is 0 Å². The molecule has 0 aliphatic heterocycles. The van der Waals surface area contributed by atoms with Crippen molar-refractivity contribution in [2.24, 2.45) is 5.92 Å². The molecule has 0 radical (unpaired) electrons. The Kier molecular flexibility index (Phi) is 6.26. The van der Waals surface area contributed by atoms with Gasteiger partial charge in [0.1, 0.15) is 0 Å². The third kappa shape index (κ3) is 4.52. The van der Waals surface area contributed by atoms with Gasteiger partial charge in [0.2, 0.25) is 0 Å². The van der Waals surface area contributed by atoms with Crippen LogP contribution in [0.1, 0.15) is 58.8 Å². The van der Waals surface area contributed by atoms with E-state index in [4.69, 9.17) is 0 Å². The van der Waals surface area contributed by atoms with Gasteiger partial charge in [-0.05, 0) is 44.6 Å². The molecule has 2 N–H and O–H groups in total. The topological polar surface area (TPSA) is 32.3 Å². The SMILES string of the molecule is CCC(O)CCCNC1CCCC1CC. The summed E-state index contributed by atoms with van der Waals surface area (Å²) in [7, 11) is 0. The molecule has 15 heavy (non-hydrogen) atoms. The van der Waals surface area contributed by atoms with E-state index in [9.17, 15) is 5.11 Å². The maximum atomic E-state index is 9.42. The van der Waals surface area contributed by atoms with Crippen LogP contribution >= 0.6 is 0 Å². The van der Waals surface area contributed by atoms with Crippen molar-refractivity contribution in [1.29, 1.82) is 0 Å². The molecule has 90 valence electrons. The van der Waals surface area contributed by atoms with E-state index in [0.29, 0.717) is 0 Å². The summed E-state index contributed by atoms with van der Waals surface area (Å²) in [5.74, 6) is 0.904. The van der Waals surface area contributed by atoms with Crippen LogP contribution in [0.3, 0.4) is 0 Å². The fourth-order valence-corrected chi connectivity index (χ4v) is 2.62. The van der Waals surface area contributed by atoms with Gasteiger partial charge in [0, 0.05) is 6.04 Å². The largest absolute Gasteiger partial charge is 0.393 e. The quantitative estimate of drug-likeness (QED) is 0.637. The van der Waals surface area contributed by atoms with E-state index in [1.54, 1.807) is 0 Å². The number of hydrogen-bond acceptors (Lipinski definition) is 2. The Labute approximate surface area is 94.5 Å². The molecule has 2 nitrogen and oxygen atoms in total. The number of rotatable bonds is 7. The van der Waals surface area contributed by atoms with Crippen molar-refractivity contribution in [1.82, 2.24) is 5.32 Å². The Morgan fingerprint density at radius 2 is 2.13 bits per heavy atom. The fourth-order valence-electron chi connectivity index (χ4n) is 2.62. The zero-order valence-corrected chi connectivity index (χ0v) is 10.3. The van der Waals surface area contributed by atoms with Gasteiger partial charge in [-0.25, -0.2) is 0 Å². The van der Waals surface area contributed by atoms with Crippen molar-refractivity contribution in [3.63, 3.8) is 0 Å². The molecular formula is C13H27NO. The molecule has 1 rings (SSSR count). The third-order valence-electron chi connectivity index (χ3n) is 3.78. The Bertz CT molecular complexity index is 161. The van der Waals surface area contributed by atoms with Gasteiger partial charge in [-0.1, -0.05) is 26.7 Å². The molecule has 0 spiro atoms. The van der Waals surface area contributed by atoms with Crippen molar-refractivity contribution in [2.75, 3.05) is 6.54 Å². The van der Waals surface area contributed by atoms with Gasteiger partial charge < -0.3 is 10.4 Å². The minimum atomic E-state index is -0.0858. The summed E-state index contributed by atoms with van der Waals surface area (Å²) in [4.78, 5) is 0. The first-order chi connectivity index (χ1) is 7.27. The molecular weight excluding hydrogens is 186 g/mol. The Morgan fingerprint density at radius 1 is 1.33 bits per heavy atom. The second kappa shape index (κ2) is 7.24. The molecule has 2 heteroatoms. The maximum Gasteiger partial charge on any atom is 0.0538 e. The second-order valence-corrected chi connectivity index (χ2v) is 4.86. The van der Waals surface area contributed by atoms with E-state index in [-0.39, 0.29) is 6.10 Å². The number of aliphatic hydroxyl groups is 1. The molecule has 1 fully saturated rings. The predicted octanol–water partition coefficient (Wildman–Crippen LogP) is 2.71. The van der Waals surface area contributed by atoms with Crippen LogP contribution in [0.2, 0.25) is 0 Å². The molecule has 1 saturated carbocycles. The molecule has 0 heterocycles. The predicted molar refractivity (Wildman–Crippen MR) is 65.0 cm³/mol. The van der Waals surface area contributed by atoms with Gasteiger partial charge in [-0.2, -0.15) is 0 Å². The molecule has 1 aliphatic carbocycles. The first kappa shape index (κ1) is 13.0. The minimum absolute atomic E-state index is 0.0858. The lowest BCUT2D eigenvalue weighted by molar-refractivity contribution is 0.156. The van der Waals surface area contributed by atoms with Gasteiger partial charge in [-0.15, -0.1) is 0 Å². The number of hydrogen-bond donors (Lipinski definition) is 2. The molecule has 3 unspecified atom stereocenters. The lowest BCUT2D eigenvalue weighted by Crippen LogP contribution is -2.33. The van der Waals surface area contributed by atoms with E-state index in [0.717, 1.165) is 37.8 Å². The highest BCUT2D eigenvalue weighted by Crippen LogP contribution is 2.27. The lowest BCUT2D eigenvalue weighted by atomic mass is 10.0. The van der Waals surface area contributed by atoms with E-state index < -0.39 is 0 Å². The van der Waals surface area contributed by atoms with Crippen LogP contribution in [0.4, 0.5) is 0 Å². The van der Waals surface area contributed by atoms with E-state index >= 15 is 0 Å². The molecule has 0 aromatic heterocycles. The van der Waals surface area contributed by atoms with Crippen molar-refractivity contribution >= 4 is 0 Å². The zero-order chi connectivity index (χ0) is 11.1. The summed E-state index contributed by atoms with van der Waals surface area (Å²) in [5.41, 5.74) is 0. The Hall–Kier alpha value is -0.0800. The molecule has 0 bridgehead atoms. The average Bonchev–Trinajstić information content (AvgIpc) is 2.71. The van der Waals surface area contributed by atoms with Crippen molar-refractivity contribution in [3.05, 3.63) is 0 Å². The molecule has 0 saturated heterocycles. The monoisotopic (exact) mass is 213 g/mol. The minimum Gasteiger partial charge on any atom is -0.393 e. The highest BCUT2D eigenvalue weighted by Gasteiger charge is 2.24. The molecule has 0 aromatic rings. The van der Waals surface area contributed by atoms with Gasteiger partial charge in [0.05, 0.1) is 6.10 Å². The summed E-state index contributed by atoms with van der Waals surface area (Å²) in [6, 6.07) is 0.758. The highest BCUT2D eigenvalue weighted by molar-refractivity contribution is 4.82. The third-order valence-corrected chi connectivity index (χ3v) is 3.78. The van der Waals surface area contributed by atoms with Crippen LogP contribution in [0, 0.1) is 5.92 Å². The van der Waals surface area contributed by atoms with E-state index in [1.807, 2.05) is 6.92 Å². The summed E-state index contributed by atoms with van der Waals surface area (Å²) in [6.07, 6.45) is 8.34. The van der Waals surface area contributed by atoms with Crippen molar-refractivity contribution < 1.29 is 5.11 Å². The van der Waals surface area contributed by atoms with Crippen molar-refractivity contribution in [3.8, 4) is 0 Å². The van der Waals surface area contributed by atoms with E-state index in [2.05, 4.69) is 12.2 Å². The van der Waals surface area contributed by atoms with Gasteiger partial charge in [0.25, 0.3) is 0 Å². The molecule has 0 amide bonds. The lowest BCUT2D eigenvalue weighted by Gasteiger charge is -2.19. The summed E-state index contributed by atoms with van der Waals surface area (Å²) in [5, 5.41) is 13.1. The van der Waals surface area contributed by atoms with Crippen LogP contribution in [0.5, 0.6) is 0 Å². The van der Waals surface area contributed by atoms with Crippen LogP contribution in [-0.4, -0.2) is 23.8 Å². The average molecular weight is 213 g/mol. The molecule has 1 aliphatic rings. The van der Waals surface area contributed by atoms with Crippen LogP contribution in [-0.2, 0) is 0 Å². The van der Waals surface area contributed by atoms with Gasteiger partial charge in [-0.3, -0.25) is 0 Å². The van der Waals surface area contributed by atoms with Crippen LogP contribution in [0.15, 0.2) is 0 Å². The van der Waals surface area contributed by atoms with Gasteiger partial charge >= 0.3 is 0 Å². The maximum absolute atomic E-state index is 9.42. The van der Waals surface area contributed by atoms with Crippen LogP contribution in [0.25, 0.3) is 0 Å². The fraction of sp³-hybridized carbons (Fsp3) is 1.00. The van der Waals surface area contributed by atoms with Crippen molar-refractivity contribution in [2.45, 2.75) is 70.9 Å². The summed E-state index contributed by atoms with van der Waals surface area (Å²) >= 11 is 0. The molecule has 0 aromatic carbocycles. The standard InChI is InChI=1S/C13H27NO/c1-3-11-7-5-9-13(11)14-10-6-8-12(15)4-2/h11-15H,3-10H2,1-2H3. The van der Waals surface area contributed by atoms with Crippen LogP contribution < -0.4 is 5.32 Å². The highest BCUT2D eigenvalue weighted by atomic mass is 16.3. The molecule has 3 atom stereocenters. The normalized spacial score (nSPS) is 28.2. The summed E-state index contributed by atoms with van der Waals surface area (Å²) in [6.45, 7) is 5.42. The van der Waals surface area contributed by atoms with E-state index in [1.165, 1.54) is 25.7 Å².